The minimum Gasteiger partial charge on any atom is -0.457 e. The number of urea groups is 1. The molecule has 0 saturated carbocycles. The summed E-state index contributed by atoms with van der Waals surface area (Å²) >= 11 is 0. The molecule has 0 spiro atoms. The van der Waals surface area contributed by atoms with Crippen molar-refractivity contribution in [3.8, 4) is 11.5 Å². The van der Waals surface area contributed by atoms with Gasteiger partial charge in [0.25, 0.3) is 0 Å². The number of anilines is 1. The predicted octanol–water partition coefficient (Wildman–Crippen LogP) is 4.07. The van der Waals surface area contributed by atoms with Crippen LogP contribution in [-0.2, 0) is 11.2 Å². The Labute approximate surface area is 157 Å². The number of imide groups is 1. The highest BCUT2D eigenvalue weighted by atomic mass is 16.5. The Hall–Kier alpha value is -3.67. The molecule has 6 heteroatoms. The van der Waals surface area contributed by atoms with E-state index in [9.17, 15) is 9.59 Å². The molecular formula is C21H19N3O3. The van der Waals surface area contributed by atoms with Gasteiger partial charge in [-0.3, -0.25) is 15.1 Å². The minimum absolute atomic E-state index is 0.145. The lowest BCUT2D eigenvalue weighted by atomic mass is 10.1. The normalized spacial score (nSPS) is 10.1. The van der Waals surface area contributed by atoms with Crippen molar-refractivity contribution in [1.29, 1.82) is 0 Å². The van der Waals surface area contributed by atoms with Gasteiger partial charge in [0.2, 0.25) is 5.91 Å². The van der Waals surface area contributed by atoms with E-state index in [-0.39, 0.29) is 12.3 Å². The van der Waals surface area contributed by atoms with Gasteiger partial charge in [-0.05, 0) is 48.4 Å². The topological polar surface area (TPSA) is 80.3 Å². The van der Waals surface area contributed by atoms with Crippen LogP contribution in [-0.4, -0.2) is 16.9 Å². The quantitative estimate of drug-likeness (QED) is 0.718. The highest BCUT2D eigenvalue weighted by molar-refractivity contribution is 6.01. The molecule has 3 amide bonds. The molecule has 2 aromatic carbocycles. The summed E-state index contributed by atoms with van der Waals surface area (Å²) in [7, 11) is 0. The van der Waals surface area contributed by atoms with E-state index in [0.29, 0.717) is 17.2 Å². The number of carbonyl (C=O) groups is 2. The summed E-state index contributed by atoms with van der Waals surface area (Å²) in [5, 5.41) is 4.98. The van der Waals surface area contributed by atoms with E-state index in [0.717, 1.165) is 11.1 Å². The SMILES string of the molecule is Cc1cc(NC(=O)NC(=O)Cc2ccccc2)ccc1Oc1ccncc1. The standard InChI is InChI=1S/C21H19N3O3/c1-15-13-17(7-8-19(15)27-18-9-11-22-12-10-18)23-21(26)24-20(25)14-16-5-3-2-4-6-16/h2-13H,14H2,1H3,(H2,23,24,25,26). The molecule has 0 bridgehead atoms. The van der Waals surface area contributed by atoms with Gasteiger partial charge in [0.05, 0.1) is 6.42 Å². The van der Waals surface area contributed by atoms with Gasteiger partial charge in [0, 0.05) is 18.1 Å². The van der Waals surface area contributed by atoms with E-state index in [1.54, 1.807) is 42.7 Å². The van der Waals surface area contributed by atoms with Crippen molar-refractivity contribution < 1.29 is 14.3 Å². The first-order valence-electron chi connectivity index (χ1n) is 8.43. The molecule has 3 aromatic rings. The molecule has 3 rings (SSSR count). The van der Waals surface area contributed by atoms with Crippen LogP contribution in [0.3, 0.4) is 0 Å². The molecular weight excluding hydrogens is 342 g/mol. The Morgan fingerprint density at radius 2 is 1.74 bits per heavy atom. The van der Waals surface area contributed by atoms with Crippen molar-refractivity contribution in [2.24, 2.45) is 0 Å². The smallest absolute Gasteiger partial charge is 0.325 e. The highest BCUT2D eigenvalue weighted by Gasteiger charge is 2.10. The number of amides is 3. The number of pyridine rings is 1. The van der Waals surface area contributed by atoms with Crippen LogP contribution in [0, 0.1) is 6.92 Å². The molecule has 0 fully saturated rings. The Morgan fingerprint density at radius 3 is 2.44 bits per heavy atom. The van der Waals surface area contributed by atoms with Crippen LogP contribution in [0.15, 0.2) is 73.1 Å². The van der Waals surface area contributed by atoms with Gasteiger partial charge >= 0.3 is 6.03 Å². The zero-order valence-electron chi connectivity index (χ0n) is 14.8. The highest BCUT2D eigenvalue weighted by Crippen LogP contribution is 2.26. The second-order valence-electron chi connectivity index (χ2n) is 5.93. The first-order valence-corrected chi connectivity index (χ1v) is 8.43. The number of aromatic nitrogens is 1. The van der Waals surface area contributed by atoms with Gasteiger partial charge in [-0.1, -0.05) is 30.3 Å². The molecule has 6 nitrogen and oxygen atoms in total. The number of benzene rings is 2. The molecule has 27 heavy (non-hydrogen) atoms. The molecule has 0 aliphatic carbocycles. The summed E-state index contributed by atoms with van der Waals surface area (Å²) in [6.07, 6.45) is 3.45. The third-order valence-electron chi connectivity index (χ3n) is 3.77. The zero-order valence-corrected chi connectivity index (χ0v) is 14.8. The van der Waals surface area contributed by atoms with Crippen LogP contribution in [0.25, 0.3) is 0 Å². The molecule has 0 aliphatic heterocycles. The molecule has 2 N–H and O–H groups in total. The fourth-order valence-electron chi connectivity index (χ4n) is 2.49. The first kappa shape index (κ1) is 18.1. The average molecular weight is 361 g/mol. The summed E-state index contributed by atoms with van der Waals surface area (Å²) in [6, 6.07) is 17.4. The number of carbonyl (C=O) groups excluding carboxylic acids is 2. The lowest BCUT2D eigenvalue weighted by Crippen LogP contribution is -2.35. The summed E-state index contributed by atoms with van der Waals surface area (Å²) in [4.78, 5) is 27.9. The molecule has 1 heterocycles. The van der Waals surface area contributed by atoms with Gasteiger partial charge in [0.15, 0.2) is 0 Å². The van der Waals surface area contributed by atoms with Crippen LogP contribution in [0.1, 0.15) is 11.1 Å². The van der Waals surface area contributed by atoms with E-state index in [4.69, 9.17) is 4.74 Å². The summed E-state index contributed by atoms with van der Waals surface area (Å²) in [5.41, 5.74) is 2.26. The van der Waals surface area contributed by atoms with Crippen molar-refractivity contribution in [3.63, 3.8) is 0 Å². The molecule has 0 unspecified atom stereocenters. The van der Waals surface area contributed by atoms with Gasteiger partial charge in [0.1, 0.15) is 11.5 Å². The van der Waals surface area contributed by atoms with Crippen LogP contribution >= 0.6 is 0 Å². The number of hydrogen-bond donors (Lipinski definition) is 2. The molecule has 0 atom stereocenters. The van der Waals surface area contributed by atoms with E-state index in [2.05, 4.69) is 15.6 Å². The Kier molecular flexibility index (Phi) is 5.79. The molecule has 0 saturated heterocycles. The minimum atomic E-state index is -0.571. The summed E-state index contributed by atoms with van der Waals surface area (Å²) < 4.78 is 5.78. The number of hydrogen-bond acceptors (Lipinski definition) is 4. The van der Waals surface area contributed by atoms with Gasteiger partial charge in [-0.25, -0.2) is 4.79 Å². The third kappa shape index (κ3) is 5.40. The van der Waals surface area contributed by atoms with E-state index in [1.165, 1.54) is 0 Å². The number of nitrogens with one attached hydrogen (secondary N) is 2. The number of aryl methyl sites for hydroxylation is 1. The second-order valence-corrected chi connectivity index (χ2v) is 5.93. The lowest BCUT2D eigenvalue weighted by molar-refractivity contribution is -0.119. The van der Waals surface area contributed by atoms with Crippen molar-refractivity contribution in [2.45, 2.75) is 13.3 Å². The molecule has 0 radical (unpaired) electrons. The van der Waals surface area contributed by atoms with Crippen LogP contribution in [0.5, 0.6) is 11.5 Å². The van der Waals surface area contributed by atoms with Crippen molar-refractivity contribution in [1.82, 2.24) is 10.3 Å². The fourth-order valence-corrected chi connectivity index (χ4v) is 2.49. The first-order chi connectivity index (χ1) is 13.1. The maximum Gasteiger partial charge on any atom is 0.325 e. The zero-order chi connectivity index (χ0) is 19.1. The number of ether oxygens (including phenoxy) is 1. The van der Waals surface area contributed by atoms with Crippen molar-refractivity contribution in [2.75, 3.05) is 5.32 Å². The maximum absolute atomic E-state index is 12.0. The van der Waals surface area contributed by atoms with E-state index < -0.39 is 6.03 Å². The van der Waals surface area contributed by atoms with E-state index >= 15 is 0 Å². The van der Waals surface area contributed by atoms with Crippen LogP contribution < -0.4 is 15.4 Å². The monoisotopic (exact) mass is 361 g/mol. The van der Waals surface area contributed by atoms with E-state index in [1.807, 2.05) is 37.3 Å². The number of rotatable bonds is 5. The Bertz CT molecular complexity index is 928. The molecule has 136 valence electrons. The predicted molar refractivity (Wildman–Crippen MR) is 103 cm³/mol. The molecule has 1 aromatic heterocycles. The Morgan fingerprint density at radius 1 is 1.00 bits per heavy atom. The van der Waals surface area contributed by atoms with Crippen molar-refractivity contribution >= 4 is 17.6 Å². The summed E-state index contributed by atoms with van der Waals surface area (Å²) in [5.74, 6) is 0.985. The fraction of sp³-hybridized carbons (Fsp3) is 0.0952. The van der Waals surface area contributed by atoms with Crippen LogP contribution in [0.4, 0.5) is 10.5 Å². The van der Waals surface area contributed by atoms with Crippen LogP contribution in [0.2, 0.25) is 0 Å². The number of nitrogens with zero attached hydrogens (tertiary/aromatic N) is 1. The summed E-state index contributed by atoms with van der Waals surface area (Å²) in [6.45, 7) is 1.88. The Balaban J connectivity index is 1.56. The lowest BCUT2D eigenvalue weighted by Gasteiger charge is -2.11. The average Bonchev–Trinajstić information content (AvgIpc) is 2.65. The second kappa shape index (κ2) is 8.62. The van der Waals surface area contributed by atoms with Gasteiger partial charge in [-0.15, -0.1) is 0 Å². The van der Waals surface area contributed by atoms with Gasteiger partial charge in [-0.2, -0.15) is 0 Å². The van der Waals surface area contributed by atoms with Gasteiger partial charge < -0.3 is 10.1 Å². The third-order valence-corrected chi connectivity index (χ3v) is 3.77. The van der Waals surface area contributed by atoms with Crippen molar-refractivity contribution in [3.05, 3.63) is 84.2 Å². The molecule has 0 aliphatic rings. The largest absolute Gasteiger partial charge is 0.457 e. The maximum atomic E-state index is 12.0.